The van der Waals surface area contributed by atoms with Gasteiger partial charge in [0.05, 0.1) is 11.5 Å². The van der Waals surface area contributed by atoms with E-state index in [0.29, 0.717) is 6.29 Å². The molecule has 0 fully saturated rings. The molecule has 1 unspecified atom stereocenters. The van der Waals surface area contributed by atoms with Crippen molar-refractivity contribution in [2.45, 2.75) is 12.1 Å². The third-order valence-electron chi connectivity index (χ3n) is 1.93. The molecule has 0 heterocycles. The summed E-state index contributed by atoms with van der Waals surface area (Å²) in [5.74, 6) is -0.910. The molecule has 1 aromatic carbocycles. The average molecular weight is 215 g/mol. The molecule has 0 radical (unpaired) electrons. The lowest BCUT2D eigenvalue weighted by Gasteiger charge is -2.09. The summed E-state index contributed by atoms with van der Waals surface area (Å²) in [5.41, 5.74) is -0.636. The lowest BCUT2D eigenvalue weighted by Crippen LogP contribution is -2.07. The summed E-state index contributed by atoms with van der Waals surface area (Å²) in [7, 11) is 0. The third-order valence-corrected chi connectivity index (χ3v) is 1.93. The largest absolute Gasteiger partial charge is 0.416 e. The molecule has 5 heteroatoms. The molecule has 0 aliphatic heterocycles. The standard InChI is InChI=1S/C10H8F3NO/c11-10(12,13)9-3-1-2-7(4-9)8(5-14)6-15/h1-6,8,14H. The number of aldehydes is 1. The van der Waals surface area contributed by atoms with E-state index in [-0.39, 0.29) is 5.56 Å². The molecule has 0 aliphatic carbocycles. The normalized spacial score (nSPS) is 13.3. The van der Waals surface area contributed by atoms with Crippen molar-refractivity contribution < 1.29 is 18.0 Å². The summed E-state index contributed by atoms with van der Waals surface area (Å²) in [5, 5.41) is 6.89. The number of hydrogen-bond donors (Lipinski definition) is 1. The first-order valence-corrected chi connectivity index (χ1v) is 4.12. The molecule has 0 spiro atoms. The van der Waals surface area contributed by atoms with Gasteiger partial charge in [0.2, 0.25) is 0 Å². The first kappa shape index (κ1) is 11.4. The quantitative estimate of drug-likeness (QED) is 0.611. The maximum absolute atomic E-state index is 12.3. The predicted molar refractivity (Wildman–Crippen MR) is 49.0 cm³/mol. The molecule has 1 N–H and O–H groups in total. The van der Waals surface area contributed by atoms with Crippen molar-refractivity contribution in [2.24, 2.45) is 0 Å². The Morgan fingerprint density at radius 1 is 1.33 bits per heavy atom. The van der Waals surface area contributed by atoms with Crippen LogP contribution in [0.4, 0.5) is 13.2 Å². The predicted octanol–water partition coefficient (Wildman–Crippen LogP) is 2.64. The van der Waals surface area contributed by atoms with E-state index in [4.69, 9.17) is 5.41 Å². The average Bonchev–Trinajstić information content (AvgIpc) is 2.19. The minimum atomic E-state index is -4.43. The van der Waals surface area contributed by atoms with Crippen molar-refractivity contribution in [3.63, 3.8) is 0 Å². The summed E-state index contributed by atoms with van der Waals surface area (Å²) in [4.78, 5) is 10.5. The minimum Gasteiger partial charge on any atom is -0.312 e. The van der Waals surface area contributed by atoms with Gasteiger partial charge in [-0.1, -0.05) is 18.2 Å². The van der Waals surface area contributed by atoms with Crippen molar-refractivity contribution in [1.82, 2.24) is 0 Å². The van der Waals surface area contributed by atoms with Gasteiger partial charge in [0, 0.05) is 6.21 Å². The molecular formula is C10H8F3NO. The summed E-state index contributed by atoms with van der Waals surface area (Å²) >= 11 is 0. The highest BCUT2D eigenvalue weighted by Gasteiger charge is 2.30. The number of carbonyl (C=O) groups excluding carboxylic acids is 1. The molecule has 0 saturated heterocycles. The molecule has 1 rings (SSSR count). The Labute approximate surface area is 84.2 Å². The van der Waals surface area contributed by atoms with Crippen LogP contribution in [0.25, 0.3) is 0 Å². The second kappa shape index (κ2) is 4.25. The van der Waals surface area contributed by atoms with Gasteiger partial charge in [0.1, 0.15) is 6.29 Å². The molecule has 1 atom stereocenters. The van der Waals surface area contributed by atoms with Gasteiger partial charge >= 0.3 is 6.18 Å². The second-order valence-corrected chi connectivity index (χ2v) is 2.95. The lowest BCUT2D eigenvalue weighted by atomic mass is 9.99. The van der Waals surface area contributed by atoms with E-state index in [1.54, 1.807) is 0 Å². The van der Waals surface area contributed by atoms with E-state index in [0.717, 1.165) is 18.3 Å². The summed E-state index contributed by atoms with van der Waals surface area (Å²) < 4.78 is 36.9. The number of carbonyl (C=O) groups is 1. The molecule has 80 valence electrons. The van der Waals surface area contributed by atoms with E-state index in [2.05, 4.69) is 0 Å². The number of benzene rings is 1. The van der Waals surface area contributed by atoms with E-state index in [1.807, 2.05) is 0 Å². The van der Waals surface area contributed by atoms with Crippen LogP contribution in [-0.4, -0.2) is 12.5 Å². The van der Waals surface area contributed by atoms with Crippen LogP contribution in [0.5, 0.6) is 0 Å². The highest BCUT2D eigenvalue weighted by molar-refractivity contribution is 5.86. The minimum absolute atomic E-state index is 0.176. The van der Waals surface area contributed by atoms with Gasteiger partial charge in [-0.3, -0.25) is 0 Å². The fraction of sp³-hybridized carbons (Fsp3) is 0.200. The van der Waals surface area contributed by atoms with Gasteiger partial charge < -0.3 is 10.2 Å². The third kappa shape index (κ3) is 2.65. The van der Waals surface area contributed by atoms with Gasteiger partial charge in [-0.05, 0) is 11.6 Å². The van der Waals surface area contributed by atoms with Gasteiger partial charge in [0.25, 0.3) is 0 Å². The van der Waals surface area contributed by atoms with Crippen LogP contribution in [0.1, 0.15) is 17.0 Å². The van der Waals surface area contributed by atoms with Crippen LogP contribution < -0.4 is 0 Å². The lowest BCUT2D eigenvalue weighted by molar-refractivity contribution is -0.137. The van der Waals surface area contributed by atoms with Crippen molar-refractivity contribution in [3.05, 3.63) is 35.4 Å². The number of rotatable bonds is 3. The fourth-order valence-corrected chi connectivity index (χ4v) is 1.14. The summed E-state index contributed by atoms with van der Waals surface area (Å²) in [6, 6.07) is 4.41. The molecule has 0 saturated carbocycles. The molecule has 1 aromatic rings. The molecular weight excluding hydrogens is 207 g/mol. The molecule has 2 nitrogen and oxygen atoms in total. The zero-order valence-electron chi connectivity index (χ0n) is 7.58. The summed E-state index contributed by atoms with van der Waals surface area (Å²) in [6.45, 7) is 0. The Morgan fingerprint density at radius 3 is 2.47 bits per heavy atom. The number of hydrogen-bond acceptors (Lipinski definition) is 2. The van der Waals surface area contributed by atoms with E-state index < -0.39 is 17.7 Å². The van der Waals surface area contributed by atoms with Gasteiger partial charge in [0.15, 0.2) is 0 Å². The monoisotopic (exact) mass is 215 g/mol. The SMILES string of the molecule is N=CC(C=O)c1cccc(C(F)(F)F)c1. The van der Waals surface area contributed by atoms with Crippen molar-refractivity contribution in [1.29, 1.82) is 5.41 Å². The Morgan fingerprint density at radius 2 is 2.00 bits per heavy atom. The Bertz CT molecular complexity index is 365. The summed E-state index contributed by atoms with van der Waals surface area (Å²) in [6.07, 6.45) is -3.18. The Balaban J connectivity index is 3.12. The molecule has 0 amide bonds. The Hall–Kier alpha value is -1.65. The first-order chi connectivity index (χ1) is 6.99. The molecule has 0 aliphatic rings. The molecule has 0 aromatic heterocycles. The maximum Gasteiger partial charge on any atom is 0.416 e. The first-order valence-electron chi connectivity index (χ1n) is 4.12. The van der Waals surface area contributed by atoms with Crippen LogP contribution in [0.2, 0.25) is 0 Å². The maximum atomic E-state index is 12.3. The Kier molecular flexibility index (Phi) is 3.24. The molecule has 15 heavy (non-hydrogen) atoms. The number of alkyl halides is 3. The van der Waals surface area contributed by atoms with Crippen LogP contribution in [0, 0.1) is 5.41 Å². The zero-order chi connectivity index (χ0) is 11.5. The second-order valence-electron chi connectivity index (χ2n) is 2.95. The van der Waals surface area contributed by atoms with Crippen LogP contribution in [0.3, 0.4) is 0 Å². The van der Waals surface area contributed by atoms with Crippen molar-refractivity contribution in [2.75, 3.05) is 0 Å². The smallest absolute Gasteiger partial charge is 0.312 e. The van der Waals surface area contributed by atoms with E-state index >= 15 is 0 Å². The zero-order valence-corrected chi connectivity index (χ0v) is 7.58. The van der Waals surface area contributed by atoms with Crippen LogP contribution >= 0.6 is 0 Å². The van der Waals surface area contributed by atoms with Crippen molar-refractivity contribution >= 4 is 12.5 Å². The van der Waals surface area contributed by atoms with Gasteiger partial charge in [-0.25, -0.2) is 0 Å². The van der Waals surface area contributed by atoms with Crippen LogP contribution in [-0.2, 0) is 11.0 Å². The number of nitrogens with one attached hydrogen (secondary N) is 1. The van der Waals surface area contributed by atoms with Crippen molar-refractivity contribution in [3.8, 4) is 0 Å². The number of halogens is 3. The highest BCUT2D eigenvalue weighted by Crippen LogP contribution is 2.30. The van der Waals surface area contributed by atoms with Gasteiger partial charge in [-0.2, -0.15) is 13.2 Å². The van der Waals surface area contributed by atoms with Crippen LogP contribution in [0.15, 0.2) is 24.3 Å². The molecule has 0 bridgehead atoms. The fourth-order valence-electron chi connectivity index (χ4n) is 1.14. The van der Waals surface area contributed by atoms with E-state index in [1.165, 1.54) is 12.1 Å². The highest BCUT2D eigenvalue weighted by atomic mass is 19.4. The topological polar surface area (TPSA) is 40.9 Å². The van der Waals surface area contributed by atoms with E-state index in [9.17, 15) is 18.0 Å². The van der Waals surface area contributed by atoms with Gasteiger partial charge in [-0.15, -0.1) is 0 Å².